The molecule has 1 saturated heterocycles. The largest absolute Gasteiger partial charge is 0.493 e. The highest BCUT2D eigenvalue weighted by molar-refractivity contribution is 5.76. The number of benzene rings is 1. The van der Waals surface area contributed by atoms with Gasteiger partial charge in [0.2, 0.25) is 0 Å². The van der Waals surface area contributed by atoms with Crippen molar-refractivity contribution in [2.75, 3.05) is 0 Å². The van der Waals surface area contributed by atoms with Crippen LogP contribution in [0, 0.1) is 23.6 Å². The molecule has 0 amide bonds. The number of alkyl halides is 3. The molecule has 1 heterocycles. The molecular formula is C18H14F4O4. The molecule has 0 bridgehead atoms. The van der Waals surface area contributed by atoms with Gasteiger partial charge in [0, 0.05) is 17.9 Å². The van der Waals surface area contributed by atoms with Crippen molar-refractivity contribution in [3.8, 4) is 0 Å². The fraction of sp³-hybridized carbons (Fsp3) is 0.389. The van der Waals surface area contributed by atoms with E-state index in [4.69, 9.17) is 14.6 Å². The van der Waals surface area contributed by atoms with Gasteiger partial charge in [0.15, 0.2) is 0 Å². The molecule has 0 spiro atoms. The Morgan fingerprint density at radius 2 is 2.12 bits per heavy atom. The van der Waals surface area contributed by atoms with Crippen LogP contribution in [0.5, 0.6) is 0 Å². The maximum absolute atomic E-state index is 13.6. The minimum atomic E-state index is -4.73. The standard InChI is InChI=1S/C18H14F4O4/c19-12-5-8(1-4-11(12)18(20,21)22)7-25-9-2-3-10-13(6-9)26-16-14(10)15(16)17(23)24/h1-2,4-6,10,14-16H,3,7H2,(H,23,24)/t10?,14-,15-,16-/m1/s1. The molecular weight excluding hydrogens is 356 g/mol. The lowest BCUT2D eigenvalue weighted by atomic mass is 9.92. The molecule has 8 heteroatoms. The first-order chi connectivity index (χ1) is 12.3. The molecule has 1 N–H and O–H groups in total. The van der Waals surface area contributed by atoms with Crippen LogP contribution < -0.4 is 0 Å². The Hall–Kier alpha value is -2.51. The monoisotopic (exact) mass is 370 g/mol. The first-order valence-electron chi connectivity index (χ1n) is 8.05. The summed E-state index contributed by atoms with van der Waals surface area (Å²) in [7, 11) is 0. The Morgan fingerprint density at radius 1 is 1.35 bits per heavy atom. The van der Waals surface area contributed by atoms with E-state index in [9.17, 15) is 22.4 Å². The second-order valence-corrected chi connectivity index (χ2v) is 6.62. The van der Waals surface area contributed by atoms with Crippen molar-refractivity contribution in [1.29, 1.82) is 0 Å². The molecule has 3 aliphatic rings. The van der Waals surface area contributed by atoms with Crippen LogP contribution in [-0.2, 0) is 27.1 Å². The summed E-state index contributed by atoms with van der Waals surface area (Å²) < 4.78 is 62.4. The maximum atomic E-state index is 13.6. The van der Waals surface area contributed by atoms with Gasteiger partial charge in [-0.15, -0.1) is 0 Å². The molecule has 1 aromatic carbocycles. The predicted octanol–water partition coefficient (Wildman–Crippen LogP) is 3.88. The third-order valence-corrected chi connectivity index (χ3v) is 5.00. The number of carbonyl (C=O) groups is 1. The van der Waals surface area contributed by atoms with Gasteiger partial charge in [-0.25, -0.2) is 4.39 Å². The van der Waals surface area contributed by atoms with Crippen LogP contribution in [0.1, 0.15) is 17.5 Å². The maximum Gasteiger partial charge on any atom is 0.419 e. The van der Waals surface area contributed by atoms with Gasteiger partial charge in [0.25, 0.3) is 0 Å². The second-order valence-electron chi connectivity index (χ2n) is 6.62. The molecule has 0 radical (unpaired) electrons. The number of hydrogen-bond donors (Lipinski definition) is 1. The lowest BCUT2D eigenvalue weighted by molar-refractivity contribution is -0.141. The summed E-state index contributed by atoms with van der Waals surface area (Å²) in [5.74, 6) is -1.48. The molecule has 4 nitrogen and oxygen atoms in total. The fourth-order valence-electron chi connectivity index (χ4n) is 3.68. The molecule has 4 rings (SSSR count). The molecule has 0 aromatic heterocycles. The molecule has 1 aliphatic heterocycles. The average molecular weight is 370 g/mol. The minimum Gasteiger partial charge on any atom is -0.493 e. The quantitative estimate of drug-likeness (QED) is 0.818. The normalized spacial score (nSPS) is 29.1. The van der Waals surface area contributed by atoms with Crippen molar-refractivity contribution in [2.45, 2.75) is 25.3 Å². The molecule has 1 unspecified atom stereocenters. The van der Waals surface area contributed by atoms with Crippen LogP contribution in [0.3, 0.4) is 0 Å². The van der Waals surface area contributed by atoms with E-state index in [1.165, 1.54) is 6.07 Å². The number of carboxylic acid groups (broad SMARTS) is 1. The number of aliphatic carboxylic acids is 1. The number of hydrogen-bond acceptors (Lipinski definition) is 3. The van der Waals surface area contributed by atoms with Crippen molar-refractivity contribution in [3.05, 3.63) is 58.8 Å². The molecule has 4 atom stereocenters. The zero-order valence-corrected chi connectivity index (χ0v) is 13.3. The number of carboxylic acids is 1. The number of fused-ring (bicyclic) bond motifs is 3. The van der Waals surface area contributed by atoms with Crippen LogP contribution in [0.25, 0.3) is 0 Å². The van der Waals surface area contributed by atoms with Crippen LogP contribution >= 0.6 is 0 Å². The van der Waals surface area contributed by atoms with Gasteiger partial charge in [0.1, 0.15) is 36.0 Å². The van der Waals surface area contributed by atoms with Crippen molar-refractivity contribution in [1.82, 2.24) is 0 Å². The van der Waals surface area contributed by atoms with Crippen molar-refractivity contribution >= 4 is 5.97 Å². The summed E-state index contributed by atoms with van der Waals surface area (Å²) in [4.78, 5) is 11.0. The first kappa shape index (κ1) is 16.9. The van der Waals surface area contributed by atoms with E-state index in [-0.39, 0.29) is 30.1 Å². The van der Waals surface area contributed by atoms with E-state index in [1.807, 2.05) is 0 Å². The van der Waals surface area contributed by atoms with Gasteiger partial charge in [-0.05, 0) is 30.2 Å². The van der Waals surface area contributed by atoms with Crippen molar-refractivity contribution < 1.29 is 36.9 Å². The summed E-state index contributed by atoms with van der Waals surface area (Å²) >= 11 is 0. The summed E-state index contributed by atoms with van der Waals surface area (Å²) in [6.45, 7) is -0.0834. The molecule has 2 fully saturated rings. The number of halogens is 4. The SMILES string of the molecule is O=C(O)[C@H]1[C@@H]2OC3=CC(OCc4ccc(C(F)(F)F)c(F)c4)=CCC3[C@@H]21. The summed E-state index contributed by atoms with van der Waals surface area (Å²) in [6.07, 6.45) is -0.992. The highest BCUT2D eigenvalue weighted by atomic mass is 19.4. The predicted molar refractivity (Wildman–Crippen MR) is 80.0 cm³/mol. The Balaban J connectivity index is 1.38. The van der Waals surface area contributed by atoms with Gasteiger partial charge in [-0.1, -0.05) is 6.07 Å². The summed E-state index contributed by atoms with van der Waals surface area (Å²) in [5.41, 5.74) is -1.03. The molecule has 2 aliphatic carbocycles. The molecule has 138 valence electrons. The smallest absolute Gasteiger partial charge is 0.419 e. The average Bonchev–Trinajstić information content (AvgIpc) is 3.15. The third kappa shape index (κ3) is 2.83. The topological polar surface area (TPSA) is 55.8 Å². The lowest BCUT2D eigenvalue weighted by Crippen LogP contribution is -2.15. The van der Waals surface area contributed by atoms with Crippen LogP contribution in [0.15, 0.2) is 41.9 Å². The van der Waals surface area contributed by atoms with Gasteiger partial charge >= 0.3 is 12.1 Å². The van der Waals surface area contributed by atoms with Gasteiger partial charge < -0.3 is 14.6 Å². The number of ether oxygens (including phenoxy) is 2. The number of rotatable bonds is 4. The van der Waals surface area contributed by atoms with E-state index in [2.05, 4.69) is 0 Å². The molecule has 26 heavy (non-hydrogen) atoms. The Bertz CT molecular complexity index is 827. The highest BCUT2D eigenvalue weighted by Gasteiger charge is 2.66. The Kier molecular flexibility index (Phi) is 3.75. The number of allylic oxidation sites excluding steroid dienone is 3. The Labute approximate surface area is 145 Å². The Morgan fingerprint density at radius 3 is 2.77 bits per heavy atom. The van der Waals surface area contributed by atoms with E-state index in [0.29, 0.717) is 24.0 Å². The van der Waals surface area contributed by atoms with E-state index >= 15 is 0 Å². The third-order valence-electron chi connectivity index (χ3n) is 5.00. The highest BCUT2D eigenvalue weighted by Crippen LogP contribution is 2.59. The fourth-order valence-corrected chi connectivity index (χ4v) is 3.68. The molecule has 1 aromatic rings. The van der Waals surface area contributed by atoms with Crippen LogP contribution in [0.4, 0.5) is 17.6 Å². The summed E-state index contributed by atoms with van der Waals surface area (Å²) in [6, 6.07) is 2.67. The van der Waals surface area contributed by atoms with Crippen LogP contribution in [-0.4, -0.2) is 17.2 Å². The first-order valence-corrected chi connectivity index (χ1v) is 8.05. The van der Waals surface area contributed by atoms with Gasteiger partial charge in [-0.2, -0.15) is 13.2 Å². The summed E-state index contributed by atoms with van der Waals surface area (Å²) in [5, 5.41) is 9.06. The van der Waals surface area contributed by atoms with E-state index in [1.54, 1.807) is 12.2 Å². The van der Waals surface area contributed by atoms with Crippen LogP contribution in [0.2, 0.25) is 0 Å². The minimum absolute atomic E-state index is 0.0134. The van der Waals surface area contributed by atoms with Gasteiger partial charge in [-0.3, -0.25) is 4.79 Å². The van der Waals surface area contributed by atoms with E-state index < -0.39 is 29.4 Å². The zero-order chi connectivity index (χ0) is 18.6. The van der Waals surface area contributed by atoms with Crippen molar-refractivity contribution in [2.24, 2.45) is 17.8 Å². The molecule has 1 saturated carbocycles. The van der Waals surface area contributed by atoms with Gasteiger partial charge in [0.05, 0.1) is 5.56 Å². The second kappa shape index (κ2) is 5.75. The van der Waals surface area contributed by atoms with E-state index in [0.717, 1.165) is 6.07 Å². The lowest BCUT2D eigenvalue weighted by Gasteiger charge is -2.20. The van der Waals surface area contributed by atoms with Crippen molar-refractivity contribution in [3.63, 3.8) is 0 Å². The zero-order valence-electron chi connectivity index (χ0n) is 13.3.